The van der Waals surface area contributed by atoms with Crippen LogP contribution in [-0.2, 0) is 10.0 Å². The Labute approximate surface area is 222 Å². The summed E-state index contributed by atoms with van der Waals surface area (Å²) in [6.45, 7) is 0. The average molecular weight is 546 g/mol. The van der Waals surface area contributed by atoms with Gasteiger partial charge in [0.15, 0.2) is 0 Å². The molecule has 0 amide bonds. The van der Waals surface area contributed by atoms with Crippen molar-refractivity contribution in [3.05, 3.63) is 95.8 Å². The van der Waals surface area contributed by atoms with Crippen LogP contribution in [0.2, 0.25) is 5.02 Å². The van der Waals surface area contributed by atoms with Crippen molar-refractivity contribution in [2.45, 2.75) is 4.90 Å². The fraction of sp³-hybridized carbons (Fsp3) is 0.0370. The summed E-state index contributed by atoms with van der Waals surface area (Å²) in [5.74, 6) is -0.000484. The Morgan fingerprint density at radius 1 is 1.00 bits per heavy atom. The van der Waals surface area contributed by atoms with E-state index in [-0.39, 0.29) is 15.7 Å². The minimum atomic E-state index is -3.91. The van der Waals surface area contributed by atoms with Crippen molar-refractivity contribution in [1.82, 2.24) is 15.0 Å². The van der Waals surface area contributed by atoms with Gasteiger partial charge in [-0.1, -0.05) is 23.7 Å². The highest BCUT2D eigenvalue weighted by Crippen LogP contribution is 2.39. The molecule has 38 heavy (non-hydrogen) atoms. The number of rotatable bonds is 6. The molecule has 0 saturated carbocycles. The second-order valence-electron chi connectivity index (χ2n) is 8.08. The molecule has 0 aliphatic heterocycles. The number of anilines is 1. The smallest absolute Gasteiger partial charge is 0.263 e. The summed E-state index contributed by atoms with van der Waals surface area (Å²) in [7, 11) is -2.43. The molecule has 5 aromatic rings. The van der Waals surface area contributed by atoms with Crippen LogP contribution in [0.5, 0.6) is 5.75 Å². The van der Waals surface area contributed by atoms with Gasteiger partial charge in [0.25, 0.3) is 10.0 Å². The van der Waals surface area contributed by atoms with Crippen molar-refractivity contribution in [2.75, 3.05) is 11.8 Å². The molecule has 0 unspecified atom stereocenters. The fourth-order valence-corrected chi connectivity index (χ4v) is 5.24. The third kappa shape index (κ3) is 4.72. The van der Waals surface area contributed by atoms with E-state index in [4.69, 9.17) is 16.3 Å². The number of hydrogen-bond donors (Lipinski definition) is 1. The third-order valence-electron chi connectivity index (χ3n) is 5.81. The lowest BCUT2D eigenvalue weighted by Gasteiger charge is -2.15. The molecule has 0 saturated heterocycles. The van der Waals surface area contributed by atoms with Gasteiger partial charge in [0.05, 0.1) is 34.4 Å². The largest absolute Gasteiger partial charge is 0.496 e. The molecule has 3 aromatic carbocycles. The summed E-state index contributed by atoms with van der Waals surface area (Å²) < 4.78 is 47.6. The summed E-state index contributed by atoms with van der Waals surface area (Å²) >= 11 is 5.96. The van der Waals surface area contributed by atoms with Gasteiger partial charge in [0, 0.05) is 28.9 Å². The maximum Gasteiger partial charge on any atom is 0.263 e. The van der Waals surface area contributed by atoms with Gasteiger partial charge in [0.2, 0.25) is 0 Å². The number of nitriles is 1. The van der Waals surface area contributed by atoms with Gasteiger partial charge >= 0.3 is 0 Å². The molecule has 1 N–H and O–H groups in total. The fourth-order valence-electron chi connectivity index (χ4n) is 4.01. The van der Waals surface area contributed by atoms with Gasteiger partial charge in [-0.2, -0.15) is 5.26 Å². The quantitative estimate of drug-likeness (QED) is 0.285. The van der Waals surface area contributed by atoms with E-state index in [9.17, 15) is 18.1 Å². The molecule has 5 rings (SSSR count). The minimum absolute atomic E-state index is 0.0361. The molecule has 188 valence electrons. The molecular formula is C27H17ClFN5O3S. The Kier molecular flexibility index (Phi) is 6.63. The first-order chi connectivity index (χ1) is 18.3. The zero-order chi connectivity index (χ0) is 26.9. The zero-order valence-electron chi connectivity index (χ0n) is 19.7. The van der Waals surface area contributed by atoms with Gasteiger partial charge < -0.3 is 4.74 Å². The van der Waals surface area contributed by atoms with Crippen molar-refractivity contribution in [3.8, 4) is 34.2 Å². The van der Waals surface area contributed by atoms with E-state index in [2.05, 4.69) is 25.7 Å². The van der Waals surface area contributed by atoms with Crippen LogP contribution in [0.1, 0.15) is 5.56 Å². The molecule has 8 nitrogen and oxygen atoms in total. The second kappa shape index (κ2) is 10.0. The van der Waals surface area contributed by atoms with Gasteiger partial charge in [0.1, 0.15) is 23.7 Å². The van der Waals surface area contributed by atoms with Crippen LogP contribution in [0, 0.1) is 17.1 Å². The summed E-state index contributed by atoms with van der Waals surface area (Å²) in [6, 6.07) is 17.5. The summed E-state index contributed by atoms with van der Waals surface area (Å²) in [4.78, 5) is 12.2. The van der Waals surface area contributed by atoms with E-state index in [1.165, 1.54) is 56.0 Å². The number of pyridine rings is 1. The number of ether oxygens (including phenoxy) is 1. The molecule has 2 heterocycles. The van der Waals surface area contributed by atoms with Crippen LogP contribution in [0.25, 0.3) is 33.2 Å². The van der Waals surface area contributed by atoms with Gasteiger partial charge in [-0.25, -0.2) is 22.8 Å². The summed E-state index contributed by atoms with van der Waals surface area (Å²) in [5.41, 5.74) is 2.39. The van der Waals surface area contributed by atoms with Crippen LogP contribution < -0.4 is 9.46 Å². The highest BCUT2D eigenvalue weighted by molar-refractivity contribution is 7.92. The average Bonchev–Trinajstić information content (AvgIpc) is 2.93. The topological polar surface area (TPSA) is 118 Å². The van der Waals surface area contributed by atoms with Crippen molar-refractivity contribution in [3.63, 3.8) is 0 Å². The number of hydrogen-bond acceptors (Lipinski definition) is 7. The molecule has 0 aliphatic rings. The molecule has 0 aliphatic carbocycles. The van der Waals surface area contributed by atoms with Gasteiger partial charge in [-0.05, 0) is 59.5 Å². The van der Waals surface area contributed by atoms with E-state index in [0.717, 1.165) is 0 Å². The number of methoxy groups -OCH3 is 1. The minimum Gasteiger partial charge on any atom is -0.496 e. The lowest BCUT2D eigenvalue weighted by atomic mass is 9.94. The van der Waals surface area contributed by atoms with Crippen LogP contribution in [0.3, 0.4) is 0 Å². The normalized spacial score (nSPS) is 11.2. The first-order valence-corrected chi connectivity index (χ1v) is 12.9. The molecule has 0 spiro atoms. The van der Waals surface area contributed by atoms with E-state index in [1.807, 2.05) is 0 Å². The highest BCUT2D eigenvalue weighted by Gasteiger charge is 2.20. The predicted molar refractivity (Wildman–Crippen MR) is 142 cm³/mol. The molecule has 0 bridgehead atoms. The maximum absolute atomic E-state index is 13.7. The Balaban J connectivity index is 1.61. The predicted octanol–water partition coefficient (Wildman–Crippen LogP) is 5.83. The number of fused-ring (bicyclic) bond motifs is 1. The first-order valence-electron chi connectivity index (χ1n) is 11.1. The van der Waals surface area contributed by atoms with E-state index in [0.29, 0.717) is 44.5 Å². The number of sulfonamides is 1. The lowest BCUT2D eigenvalue weighted by molar-refractivity contribution is 0.416. The highest BCUT2D eigenvalue weighted by atomic mass is 35.5. The number of nitrogens with one attached hydrogen (secondary N) is 1. The van der Waals surface area contributed by atoms with Crippen LogP contribution >= 0.6 is 11.6 Å². The summed E-state index contributed by atoms with van der Waals surface area (Å²) in [6.07, 6.45) is 4.22. The number of halogens is 2. The second-order valence-corrected chi connectivity index (χ2v) is 10.2. The molecule has 2 aromatic heterocycles. The first kappa shape index (κ1) is 25.1. The van der Waals surface area contributed by atoms with E-state index < -0.39 is 15.8 Å². The standard InChI is InChI=1S/C27H17ClFN5O3S/c1-37-25-13-21(16-2-5-24(29)23(28)12-16)18(14-30)11-22(25)27-20-4-3-19(10-17(20)6-9-32-27)38(35,36)34-26-7-8-31-15-33-26/h2-13,15H,1H3,(H,31,33,34). The molecular weight excluding hydrogens is 529 g/mol. The van der Waals surface area contributed by atoms with Crippen molar-refractivity contribution in [1.29, 1.82) is 5.26 Å². The van der Waals surface area contributed by atoms with Crippen LogP contribution in [0.15, 0.2) is 84.3 Å². The van der Waals surface area contributed by atoms with Gasteiger partial charge in [-0.3, -0.25) is 9.71 Å². The zero-order valence-corrected chi connectivity index (χ0v) is 21.3. The summed E-state index contributed by atoms with van der Waals surface area (Å²) in [5, 5.41) is 11.1. The molecule has 0 atom stereocenters. The van der Waals surface area contributed by atoms with Gasteiger partial charge in [-0.15, -0.1) is 0 Å². The number of nitrogens with zero attached hydrogens (tertiary/aromatic N) is 4. The monoisotopic (exact) mass is 545 g/mol. The Bertz CT molecular complexity index is 1840. The van der Waals surface area contributed by atoms with Crippen LogP contribution in [-0.4, -0.2) is 30.5 Å². The third-order valence-corrected chi connectivity index (χ3v) is 7.45. The molecule has 11 heteroatoms. The maximum atomic E-state index is 13.7. The lowest BCUT2D eigenvalue weighted by Crippen LogP contribution is -2.13. The Morgan fingerprint density at radius 3 is 2.55 bits per heavy atom. The van der Waals surface area contributed by atoms with Crippen molar-refractivity contribution in [2.24, 2.45) is 0 Å². The van der Waals surface area contributed by atoms with Crippen LogP contribution in [0.4, 0.5) is 10.2 Å². The van der Waals surface area contributed by atoms with Crippen molar-refractivity contribution < 1.29 is 17.5 Å². The SMILES string of the molecule is COc1cc(-c2ccc(F)c(Cl)c2)c(C#N)cc1-c1nccc2cc(S(=O)(=O)Nc3ccncn3)ccc12. The molecule has 0 radical (unpaired) electrons. The Morgan fingerprint density at radius 2 is 1.84 bits per heavy atom. The molecule has 0 fully saturated rings. The number of benzene rings is 3. The van der Waals surface area contributed by atoms with E-state index >= 15 is 0 Å². The van der Waals surface area contributed by atoms with E-state index in [1.54, 1.807) is 30.5 Å². The number of aromatic nitrogens is 3. The van der Waals surface area contributed by atoms with Crippen molar-refractivity contribution >= 4 is 38.2 Å². The Hall–Kier alpha value is -4.59.